The number of anilines is 1. The van der Waals surface area contributed by atoms with Gasteiger partial charge >= 0.3 is 0 Å². The summed E-state index contributed by atoms with van der Waals surface area (Å²) in [6, 6.07) is 1.99. The van der Waals surface area contributed by atoms with Crippen LogP contribution in [-0.4, -0.2) is 31.0 Å². The molecule has 0 saturated carbocycles. The van der Waals surface area contributed by atoms with Gasteiger partial charge in [0.1, 0.15) is 5.25 Å². The van der Waals surface area contributed by atoms with Gasteiger partial charge in [-0.05, 0) is 6.07 Å². The number of carbonyl (C=O) groups is 1. The molecule has 114 valence electrons. The van der Waals surface area contributed by atoms with Crippen LogP contribution in [0.3, 0.4) is 0 Å². The highest BCUT2D eigenvalue weighted by Gasteiger charge is 2.41. The molecule has 1 saturated heterocycles. The van der Waals surface area contributed by atoms with Crippen molar-refractivity contribution in [2.45, 2.75) is 11.7 Å². The van der Waals surface area contributed by atoms with Gasteiger partial charge < -0.3 is 4.90 Å². The Morgan fingerprint density at radius 1 is 1.48 bits per heavy atom. The number of carbonyl (C=O) groups excluding carboxylic acids is 1. The Hall–Kier alpha value is -1.26. The van der Waals surface area contributed by atoms with Gasteiger partial charge in [-0.1, -0.05) is 15.9 Å². The SMILES string of the molecule is O=C1CC(S(=O)(=O)Cl)CN1c1c(F)cc(Br)cc1[N+](=O)[O-]. The molecule has 0 aromatic heterocycles. The predicted octanol–water partition coefficient (Wildman–Crippen LogP) is 2.17. The van der Waals surface area contributed by atoms with Crippen molar-refractivity contribution in [2.75, 3.05) is 11.4 Å². The van der Waals surface area contributed by atoms with Crippen molar-refractivity contribution in [1.82, 2.24) is 0 Å². The average Bonchev–Trinajstić information content (AvgIpc) is 2.70. The Balaban J connectivity index is 2.53. The van der Waals surface area contributed by atoms with Gasteiger partial charge in [0, 0.05) is 34.2 Å². The molecule has 0 N–H and O–H groups in total. The van der Waals surface area contributed by atoms with Gasteiger partial charge in [0.25, 0.3) is 5.69 Å². The minimum absolute atomic E-state index is 0.128. The summed E-state index contributed by atoms with van der Waals surface area (Å²) in [6.45, 7) is -0.427. The normalized spacial score (nSPS) is 19.1. The van der Waals surface area contributed by atoms with Crippen LogP contribution in [0.1, 0.15) is 6.42 Å². The lowest BCUT2D eigenvalue weighted by molar-refractivity contribution is -0.384. The van der Waals surface area contributed by atoms with Gasteiger partial charge in [0.2, 0.25) is 15.0 Å². The maximum absolute atomic E-state index is 14.0. The van der Waals surface area contributed by atoms with Crippen molar-refractivity contribution < 1.29 is 22.5 Å². The standard InChI is InChI=1S/C10H7BrClFN2O5S/c11-5-1-7(13)10(8(2-5)15(17)18)14-4-6(3-9(14)16)21(12,19)20/h1-2,6H,3-4H2. The molecular weight excluding hydrogens is 395 g/mol. The van der Waals surface area contributed by atoms with Crippen LogP contribution in [0.2, 0.25) is 0 Å². The number of benzene rings is 1. The summed E-state index contributed by atoms with van der Waals surface area (Å²) < 4.78 is 36.7. The molecule has 1 atom stereocenters. The van der Waals surface area contributed by atoms with Crippen LogP contribution < -0.4 is 4.90 Å². The first kappa shape index (κ1) is 16.1. The van der Waals surface area contributed by atoms with Crippen LogP contribution in [0.5, 0.6) is 0 Å². The molecule has 1 unspecified atom stereocenters. The van der Waals surface area contributed by atoms with Crippen molar-refractivity contribution in [3.63, 3.8) is 0 Å². The van der Waals surface area contributed by atoms with Crippen LogP contribution in [0.25, 0.3) is 0 Å². The smallest absolute Gasteiger partial charge is 0.297 e. The molecule has 0 spiro atoms. The zero-order chi connectivity index (χ0) is 15.9. The third-order valence-corrected chi connectivity index (χ3v) is 5.29. The van der Waals surface area contributed by atoms with Crippen molar-refractivity contribution in [2.24, 2.45) is 0 Å². The summed E-state index contributed by atoms with van der Waals surface area (Å²) >= 11 is 2.92. The number of hydrogen-bond donors (Lipinski definition) is 0. The number of amides is 1. The Labute approximate surface area is 131 Å². The maximum atomic E-state index is 14.0. The third-order valence-electron chi connectivity index (χ3n) is 2.96. The molecule has 0 radical (unpaired) electrons. The van der Waals surface area contributed by atoms with Crippen molar-refractivity contribution in [3.05, 3.63) is 32.5 Å². The second kappa shape index (κ2) is 5.50. The molecule has 1 heterocycles. The number of nitro benzene ring substituents is 1. The highest BCUT2D eigenvalue weighted by Crippen LogP contribution is 2.37. The van der Waals surface area contributed by atoms with Gasteiger partial charge in [0.15, 0.2) is 11.5 Å². The predicted molar refractivity (Wildman–Crippen MR) is 76.3 cm³/mol. The lowest BCUT2D eigenvalue weighted by atomic mass is 10.2. The largest absolute Gasteiger partial charge is 0.303 e. The maximum Gasteiger partial charge on any atom is 0.297 e. The number of nitrogens with zero attached hydrogens (tertiary/aromatic N) is 2. The molecule has 2 rings (SSSR count). The summed E-state index contributed by atoms with van der Waals surface area (Å²) in [5.74, 6) is -1.74. The quantitative estimate of drug-likeness (QED) is 0.439. The molecule has 7 nitrogen and oxygen atoms in total. The van der Waals surface area contributed by atoms with Crippen molar-refractivity contribution in [1.29, 1.82) is 0 Å². The fourth-order valence-corrected chi connectivity index (χ4v) is 3.48. The first-order valence-corrected chi connectivity index (χ1v) is 8.65. The van der Waals surface area contributed by atoms with E-state index >= 15 is 0 Å². The second-order valence-corrected chi connectivity index (χ2v) is 8.14. The zero-order valence-corrected chi connectivity index (χ0v) is 13.3. The first-order chi connectivity index (χ1) is 9.61. The molecular formula is C10H7BrClFN2O5S. The van der Waals surface area contributed by atoms with Crippen LogP contribution in [0.4, 0.5) is 15.8 Å². The Morgan fingerprint density at radius 3 is 2.57 bits per heavy atom. The molecule has 21 heavy (non-hydrogen) atoms. The summed E-state index contributed by atoms with van der Waals surface area (Å²) in [5.41, 5.74) is -1.20. The summed E-state index contributed by atoms with van der Waals surface area (Å²) in [4.78, 5) is 22.7. The van der Waals surface area contributed by atoms with Crippen molar-refractivity contribution >= 4 is 52.9 Å². The summed E-state index contributed by atoms with van der Waals surface area (Å²) in [6.07, 6.45) is -0.446. The lowest BCUT2D eigenvalue weighted by Crippen LogP contribution is -2.28. The molecule has 1 aliphatic rings. The monoisotopic (exact) mass is 400 g/mol. The number of halogens is 3. The van der Waals surface area contributed by atoms with Crippen LogP contribution >= 0.6 is 26.6 Å². The Bertz CT molecular complexity index is 741. The van der Waals surface area contributed by atoms with Gasteiger partial charge in [0.05, 0.1) is 4.92 Å². The minimum atomic E-state index is -4.02. The third kappa shape index (κ3) is 3.16. The van der Waals surface area contributed by atoms with E-state index in [1.54, 1.807) is 0 Å². The van der Waals surface area contributed by atoms with Gasteiger partial charge in [-0.15, -0.1) is 0 Å². The van der Waals surface area contributed by atoms with Gasteiger partial charge in [-0.3, -0.25) is 14.9 Å². The molecule has 1 aromatic carbocycles. The lowest BCUT2D eigenvalue weighted by Gasteiger charge is -2.17. The van der Waals surface area contributed by atoms with Crippen LogP contribution in [0, 0.1) is 15.9 Å². The zero-order valence-electron chi connectivity index (χ0n) is 10.1. The van der Waals surface area contributed by atoms with E-state index in [4.69, 9.17) is 10.7 Å². The molecule has 0 bridgehead atoms. The van der Waals surface area contributed by atoms with E-state index in [-0.39, 0.29) is 4.47 Å². The van der Waals surface area contributed by atoms with E-state index in [0.29, 0.717) is 0 Å². The molecule has 1 amide bonds. The average molecular weight is 402 g/mol. The van der Waals surface area contributed by atoms with E-state index in [1.807, 2.05) is 0 Å². The summed E-state index contributed by atoms with van der Waals surface area (Å²) in [7, 11) is 1.16. The van der Waals surface area contributed by atoms with E-state index in [2.05, 4.69) is 15.9 Å². The van der Waals surface area contributed by atoms with Crippen LogP contribution in [0.15, 0.2) is 16.6 Å². The van der Waals surface area contributed by atoms with E-state index in [9.17, 15) is 27.7 Å². The first-order valence-electron chi connectivity index (χ1n) is 5.48. The molecule has 11 heteroatoms. The van der Waals surface area contributed by atoms with Crippen molar-refractivity contribution in [3.8, 4) is 0 Å². The number of rotatable bonds is 3. The summed E-state index contributed by atoms with van der Waals surface area (Å²) in [5, 5.41) is 9.78. The Morgan fingerprint density at radius 2 is 2.10 bits per heavy atom. The molecule has 1 fully saturated rings. The van der Waals surface area contributed by atoms with Gasteiger partial charge in [-0.2, -0.15) is 0 Å². The molecule has 1 aromatic rings. The van der Waals surface area contributed by atoms with Crippen LogP contribution in [-0.2, 0) is 13.8 Å². The van der Waals surface area contributed by atoms with E-state index in [1.165, 1.54) is 0 Å². The van der Waals surface area contributed by atoms with Gasteiger partial charge in [-0.25, -0.2) is 12.8 Å². The second-order valence-electron chi connectivity index (χ2n) is 4.32. The molecule has 0 aliphatic carbocycles. The van der Waals surface area contributed by atoms with E-state index < -0.39 is 55.3 Å². The highest BCUT2D eigenvalue weighted by atomic mass is 79.9. The fraction of sp³-hybridized carbons (Fsp3) is 0.300. The minimum Gasteiger partial charge on any atom is -0.303 e. The topological polar surface area (TPSA) is 97.6 Å². The van der Waals surface area contributed by atoms with E-state index in [0.717, 1.165) is 17.0 Å². The highest BCUT2D eigenvalue weighted by molar-refractivity contribution is 9.10. The fourth-order valence-electron chi connectivity index (χ4n) is 2.04. The number of hydrogen-bond acceptors (Lipinski definition) is 5. The Kier molecular flexibility index (Phi) is 4.22. The number of nitro groups is 1. The molecule has 1 aliphatic heterocycles.